The number of primary amides is 1. The zero-order valence-corrected chi connectivity index (χ0v) is 9.65. The third-order valence-corrected chi connectivity index (χ3v) is 1.63. The van der Waals surface area contributed by atoms with Gasteiger partial charge in [0.1, 0.15) is 5.60 Å². The molecule has 3 N–H and O–H groups in total. The minimum Gasteiger partial charge on any atom is -0.481 e. The van der Waals surface area contributed by atoms with Crippen molar-refractivity contribution < 1.29 is 24.2 Å². The number of amides is 1. The molecule has 0 radical (unpaired) electrons. The van der Waals surface area contributed by atoms with Gasteiger partial charge in [-0.2, -0.15) is 0 Å². The average molecular weight is 231 g/mol. The highest BCUT2D eigenvalue weighted by molar-refractivity contribution is 5.84. The monoisotopic (exact) mass is 231 g/mol. The smallest absolute Gasteiger partial charge is 0.307 e. The molecule has 6 heteroatoms. The van der Waals surface area contributed by atoms with Gasteiger partial charge < -0.3 is 15.6 Å². The first-order valence-corrected chi connectivity index (χ1v) is 4.85. The van der Waals surface area contributed by atoms with Crippen molar-refractivity contribution in [1.82, 2.24) is 0 Å². The molecule has 0 rings (SSSR count). The molecule has 16 heavy (non-hydrogen) atoms. The van der Waals surface area contributed by atoms with E-state index in [2.05, 4.69) is 0 Å². The Kier molecular flexibility index (Phi) is 4.94. The Hall–Kier alpha value is -1.59. The Labute approximate surface area is 93.8 Å². The first kappa shape index (κ1) is 14.4. The molecule has 1 amide bonds. The first-order valence-electron chi connectivity index (χ1n) is 4.85. The molecule has 0 aromatic rings. The van der Waals surface area contributed by atoms with Crippen molar-refractivity contribution in [3.63, 3.8) is 0 Å². The van der Waals surface area contributed by atoms with E-state index in [9.17, 15) is 14.4 Å². The van der Waals surface area contributed by atoms with Gasteiger partial charge in [-0.05, 0) is 20.8 Å². The lowest BCUT2D eigenvalue weighted by molar-refractivity contribution is -0.160. The van der Waals surface area contributed by atoms with Crippen LogP contribution in [0.5, 0.6) is 0 Å². The van der Waals surface area contributed by atoms with Gasteiger partial charge >= 0.3 is 11.9 Å². The summed E-state index contributed by atoms with van der Waals surface area (Å²) in [6, 6.07) is 0. The minimum atomic E-state index is -1.23. The second-order valence-electron chi connectivity index (χ2n) is 4.50. The molecular formula is C10H17NO5. The lowest BCUT2D eigenvalue weighted by Crippen LogP contribution is -2.29. The van der Waals surface area contributed by atoms with E-state index in [-0.39, 0.29) is 12.8 Å². The van der Waals surface area contributed by atoms with E-state index in [4.69, 9.17) is 15.6 Å². The number of carbonyl (C=O) groups excluding carboxylic acids is 2. The molecular weight excluding hydrogens is 214 g/mol. The molecule has 0 heterocycles. The summed E-state index contributed by atoms with van der Waals surface area (Å²) in [6.45, 7) is 5.03. The van der Waals surface area contributed by atoms with E-state index in [0.717, 1.165) is 0 Å². The zero-order chi connectivity index (χ0) is 12.9. The van der Waals surface area contributed by atoms with Gasteiger partial charge in [-0.15, -0.1) is 0 Å². The topological polar surface area (TPSA) is 107 Å². The molecule has 0 fully saturated rings. The number of carbonyl (C=O) groups is 3. The predicted molar refractivity (Wildman–Crippen MR) is 55.4 cm³/mol. The molecule has 6 nitrogen and oxygen atoms in total. The Bertz CT molecular complexity index is 292. The molecule has 0 unspecified atom stereocenters. The van der Waals surface area contributed by atoms with Crippen LogP contribution in [0.2, 0.25) is 0 Å². The predicted octanol–water partition coefficient (Wildman–Crippen LogP) is 0.294. The second-order valence-corrected chi connectivity index (χ2v) is 4.50. The number of ether oxygens (including phenoxy) is 1. The molecule has 0 spiro atoms. The Morgan fingerprint density at radius 3 is 2.06 bits per heavy atom. The van der Waals surface area contributed by atoms with Gasteiger partial charge in [0.15, 0.2) is 0 Å². The molecule has 0 saturated heterocycles. The van der Waals surface area contributed by atoms with E-state index in [1.54, 1.807) is 20.8 Å². The SMILES string of the molecule is CC(C)(C)OC(=O)C[C@H](CC(N)=O)C(=O)O. The minimum absolute atomic E-state index is 0.352. The number of nitrogens with two attached hydrogens (primary N) is 1. The van der Waals surface area contributed by atoms with Crippen molar-refractivity contribution in [2.45, 2.75) is 39.2 Å². The summed E-state index contributed by atoms with van der Waals surface area (Å²) in [5.41, 5.74) is 4.21. The van der Waals surface area contributed by atoms with Crippen LogP contribution in [0.15, 0.2) is 0 Å². The van der Waals surface area contributed by atoms with Crippen LogP contribution in [0.25, 0.3) is 0 Å². The molecule has 0 aliphatic carbocycles. The Balaban J connectivity index is 4.35. The van der Waals surface area contributed by atoms with Gasteiger partial charge in [0.25, 0.3) is 0 Å². The van der Waals surface area contributed by atoms with E-state index < -0.39 is 29.4 Å². The highest BCUT2D eigenvalue weighted by Gasteiger charge is 2.26. The Morgan fingerprint density at radius 1 is 1.25 bits per heavy atom. The van der Waals surface area contributed by atoms with Gasteiger partial charge in [-0.3, -0.25) is 14.4 Å². The number of hydrogen-bond acceptors (Lipinski definition) is 4. The van der Waals surface area contributed by atoms with Crippen molar-refractivity contribution >= 4 is 17.8 Å². The fourth-order valence-corrected chi connectivity index (χ4v) is 1.07. The number of rotatable bonds is 5. The van der Waals surface area contributed by atoms with E-state index >= 15 is 0 Å². The van der Waals surface area contributed by atoms with Crippen LogP contribution in [-0.4, -0.2) is 28.6 Å². The quantitative estimate of drug-likeness (QED) is 0.661. The lowest BCUT2D eigenvalue weighted by atomic mass is 10.0. The number of aliphatic carboxylic acids is 1. The van der Waals surface area contributed by atoms with Crippen molar-refractivity contribution in [2.75, 3.05) is 0 Å². The highest BCUT2D eigenvalue weighted by atomic mass is 16.6. The maximum atomic E-state index is 11.3. The fourth-order valence-electron chi connectivity index (χ4n) is 1.07. The Morgan fingerprint density at radius 2 is 1.75 bits per heavy atom. The maximum absolute atomic E-state index is 11.3. The lowest BCUT2D eigenvalue weighted by Gasteiger charge is -2.20. The third kappa shape index (κ3) is 6.80. The average Bonchev–Trinajstić information content (AvgIpc) is 1.97. The van der Waals surface area contributed by atoms with Gasteiger partial charge in [-0.1, -0.05) is 0 Å². The summed E-state index contributed by atoms with van der Waals surface area (Å²) < 4.78 is 4.95. The van der Waals surface area contributed by atoms with Gasteiger partial charge in [0.05, 0.1) is 12.3 Å². The molecule has 1 atom stereocenters. The highest BCUT2D eigenvalue weighted by Crippen LogP contribution is 2.14. The van der Waals surface area contributed by atoms with Crippen molar-refractivity contribution in [2.24, 2.45) is 11.7 Å². The largest absolute Gasteiger partial charge is 0.481 e. The van der Waals surface area contributed by atoms with Gasteiger partial charge in [-0.25, -0.2) is 0 Å². The summed E-state index contributed by atoms with van der Waals surface area (Å²) in [6.07, 6.45) is -0.718. The molecule has 0 aromatic carbocycles. The van der Waals surface area contributed by atoms with Crippen LogP contribution in [-0.2, 0) is 19.1 Å². The van der Waals surface area contributed by atoms with Crippen molar-refractivity contribution in [3.05, 3.63) is 0 Å². The molecule has 0 aliphatic rings. The second kappa shape index (κ2) is 5.48. The van der Waals surface area contributed by atoms with Crippen LogP contribution < -0.4 is 5.73 Å². The third-order valence-electron chi connectivity index (χ3n) is 1.63. The summed E-state index contributed by atoms with van der Waals surface area (Å²) in [5, 5.41) is 8.75. The van der Waals surface area contributed by atoms with Gasteiger partial charge in [0.2, 0.25) is 5.91 Å². The van der Waals surface area contributed by atoms with Crippen LogP contribution in [0, 0.1) is 5.92 Å². The number of esters is 1. The summed E-state index contributed by atoms with van der Waals surface area (Å²) in [7, 11) is 0. The maximum Gasteiger partial charge on any atom is 0.307 e. The van der Waals surface area contributed by atoms with Crippen LogP contribution in [0.4, 0.5) is 0 Å². The summed E-state index contributed by atoms with van der Waals surface area (Å²) in [5.74, 6) is -3.76. The van der Waals surface area contributed by atoms with E-state index in [1.165, 1.54) is 0 Å². The zero-order valence-electron chi connectivity index (χ0n) is 9.65. The van der Waals surface area contributed by atoms with E-state index in [1.807, 2.05) is 0 Å². The van der Waals surface area contributed by atoms with E-state index in [0.29, 0.717) is 0 Å². The fraction of sp³-hybridized carbons (Fsp3) is 0.700. The molecule has 0 saturated carbocycles. The standard InChI is InChI=1S/C10H17NO5/c1-10(2,3)16-8(13)5-6(9(14)15)4-7(11)12/h6H,4-5H2,1-3H3,(H2,11,12)(H,14,15)/t6-/m0/s1. The summed E-state index contributed by atoms with van der Waals surface area (Å²) in [4.78, 5) is 32.6. The molecule has 92 valence electrons. The number of carboxylic acids is 1. The normalized spacial score (nSPS) is 12.9. The molecule has 0 aliphatic heterocycles. The van der Waals surface area contributed by atoms with Crippen LogP contribution in [0.3, 0.4) is 0 Å². The van der Waals surface area contributed by atoms with Crippen LogP contribution in [0.1, 0.15) is 33.6 Å². The van der Waals surface area contributed by atoms with Gasteiger partial charge in [0, 0.05) is 6.42 Å². The molecule has 0 bridgehead atoms. The molecule has 0 aromatic heterocycles. The number of hydrogen-bond donors (Lipinski definition) is 2. The van der Waals surface area contributed by atoms with Crippen molar-refractivity contribution in [3.8, 4) is 0 Å². The first-order chi connectivity index (χ1) is 7.11. The van der Waals surface area contributed by atoms with Crippen molar-refractivity contribution in [1.29, 1.82) is 0 Å². The summed E-state index contributed by atoms with van der Waals surface area (Å²) >= 11 is 0. The van der Waals surface area contributed by atoms with Crippen LogP contribution >= 0.6 is 0 Å². The number of carboxylic acid groups (broad SMARTS) is 1.